The second-order valence-electron chi connectivity index (χ2n) is 9.43. The lowest BCUT2D eigenvalue weighted by Gasteiger charge is -2.32. The van der Waals surface area contributed by atoms with Crippen LogP contribution < -0.4 is 5.32 Å². The van der Waals surface area contributed by atoms with E-state index in [0.29, 0.717) is 24.2 Å². The fourth-order valence-electron chi connectivity index (χ4n) is 4.53. The zero-order chi connectivity index (χ0) is 25.3. The Kier molecular flexibility index (Phi) is 7.03. The predicted molar refractivity (Wildman–Crippen MR) is 133 cm³/mol. The highest BCUT2D eigenvalue weighted by Gasteiger charge is 2.35. The Bertz CT molecular complexity index is 1240. The highest BCUT2D eigenvalue weighted by atomic mass is 19.1. The van der Waals surface area contributed by atoms with Gasteiger partial charge in [-0.25, -0.2) is 4.39 Å². The summed E-state index contributed by atoms with van der Waals surface area (Å²) in [6.45, 7) is 5.96. The molecule has 0 spiro atoms. The number of halogens is 1. The molecule has 2 amide bonds. The lowest BCUT2D eigenvalue weighted by Crippen LogP contribution is -2.37. The van der Waals surface area contributed by atoms with E-state index in [9.17, 15) is 19.1 Å². The SMILES string of the molecule is Cc1ccc(-c2cc(C)n(CC(C)O)n2)cc1NC(=O)C1=CN(C)C(=O)CC1C1C=CC(F)=CC1. The maximum Gasteiger partial charge on any atom is 0.253 e. The molecule has 1 aliphatic heterocycles. The molecule has 0 bridgehead atoms. The molecule has 0 fully saturated rings. The molecule has 1 aliphatic carbocycles. The molecule has 0 radical (unpaired) electrons. The number of anilines is 1. The van der Waals surface area contributed by atoms with Crippen LogP contribution in [-0.4, -0.2) is 44.8 Å². The topological polar surface area (TPSA) is 87.5 Å². The van der Waals surface area contributed by atoms with Crippen molar-refractivity contribution >= 4 is 17.5 Å². The van der Waals surface area contributed by atoms with Gasteiger partial charge in [0.15, 0.2) is 0 Å². The van der Waals surface area contributed by atoms with Crippen molar-refractivity contribution in [3.63, 3.8) is 0 Å². The van der Waals surface area contributed by atoms with Gasteiger partial charge in [-0.3, -0.25) is 14.3 Å². The van der Waals surface area contributed by atoms with Crippen LogP contribution in [-0.2, 0) is 16.1 Å². The zero-order valence-corrected chi connectivity index (χ0v) is 20.5. The average Bonchev–Trinajstić information content (AvgIpc) is 3.16. The predicted octanol–water partition coefficient (Wildman–Crippen LogP) is 4.28. The lowest BCUT2D eigenvalue weighted by molar-refractivity contribution is -0.129. The number of aliphatic hydroxyl groups excluding tert-OH is 1. The van der Waals surface area contributed by atoms with Gasteiger partial charge >= 0.3 is 0 Å². The van der Waals surface area contributed by atoms with E-state index in [2.05, 4.69) is 10.4 Å². The van der Waals surface area contributed by atoms with Crippen LogP contribution in [0, 0.1) is 25.7 Å². The van der Waals surface area contributed by atoms with Gasteiger partial charge in [0, 0.05) is 48.1 Å². The van der Waals surface area contributed by atoms with Crippen molar-refractivity contribution < 1.29 is 19.1 Å². The van der Waals surface area contributed by atoms with Crippen molar-refractivity contribution in [2.24, 2.45) is 11.8 Å². The maximum atomic E-state index is 13.5. The molecule has 184 valence electrons. The molecule has 8 heteroatoms. The number of rotatable bonds is 6. The van der Waals surface area contributed by atoms with E-state index in [0.717, 1.165) is 22.5 Å². The van der Waals surface area contributed by atoms with E-state index in [1.54, 1.807) is 30.9 Å². The minimum Gasteiger partial charge on any atom is -0.391 e. The van der Waals surface area contributed by atoms with Gasteiger partial charge in [0.25, 0.3) is 5.91 Å². The summed E-state index contributed by atoms with van der Waals surface area (Å²) in [6, 6.07) is 7.70. The Morgan fingerprint density at radius 3 is 2.77 bits per heavy atom. The Morgan fingerprint density at radius 1 is 1.31 bits per heavy atom. The molecule has 2 aliphatic rings. The van der Waals surface area contributed by atoms with Gasteiger partial charge in [-0.1, -0.05) is 18.2 Å². The number of nitrogens with one attached hydrogen (secondary N) is 1. The second kappa shape index (κ2) is 10.00. The lowest BCUT2D eigenvalue weighted by atomic mass is 9.78. The first-order chi connectivity index (χ1) is 16.6. The summed E-state index contributed by atoms with van der Waals surface area (Å²) >= 11 is 0. The zero-order valence-electron chi connectivity index (χ0n) is 20.5. The standard InChI is InChI=1S/C27H31FN4O3/c1-16-5-6-20(25-11-17(2)32(30-25)14-18(3)33)12-24(16)29-27(35)23-15-31(4)26(34)13-22(23)19-7-9-21(28)10-8-19/h5-7,9-12,15,18-19,22,33H,8,13-14H2,1-4H3,(H,29,35). The molecule has 0 saturated carbocycles. The molecule has 3 unspecified atom stereocenters. The minimum absolute atomic E-state index is 0.0729. The Balaban J connectivity index is 1.59. The van der Waals surface area contributed by atoms with Crippen molar-refractivity contribution in [2.75, 3.05) is 12.4 Å². The summed E-state index contributed by atoms with van der Waals surface area (Å²) in [6.07, 6.45) is 6.36. The van der Waals surface area contributed by atoms with Gasteiger partial charge in [0.1, 0.15) is 5.83 Å². The summed E-state index contributed by atoms with van der Waals surface area (Å²) in [5.74, 6) is -1.11. The minimum atomic E-state index is -0.512. The van der Waals surface area contributed by atoms with Crippen LogP contribution >= 0.6 is 0 Å². The van der Waals surface area contributed by atoms with Crippen LogP contribution in [0.25, 0.3) is 11.3 Å². The molecule has 4 rings (SSSR count). The van der Waals surface area contributed by atoms with Gasteiger partial charge < -0.3 is 15.3 Å². The number of amides is 2. The Morgan fingerprint density at radius 2 is 2.09 bits per heavy atom. The van der Waals surface area contributed by atoms with Crippen LogP contribution in [0.3, 0.4) is 0 Å². The first-order valence-corrected chi connectivity index (χ1v) is 11.8. The molecule has 2 aromatic rings. The summed E-state index contributed by atoms with van der Waals surface area (Å²) in [7, 11) is 1.64. The van der Waals surface area contributed by atoms with Crippen LogP contribution in [0.5, 0.6) is 0 Å². The number of allylic oxidation sites excluding steroid dienone is 4. The van der Waals surface area contributed by atoms with Gasteiger partial charge in [0.2, 0.25) is 5.91 Å². The van der Waals surface area contributed by atoms with Gasteiger partial charge in [-0.15, -0.1) is 0 Å². The van der Waals surface area contributed by atoms with E-state index in [1.165, 1.54) is 17.1 Å². The van der Waals surface area contributed by atoms with E-state index in [1.807, 2.05) is 38.1 Å². The maximum absolute atomic E-state index is 13.5. The number of aryl methyl sites for hydroxylation is 2. The van der Waals surface area contributed by atoms with Gasteiger partial charge in [-0.2, -0.15) is 5.10 Å². The summed E-state index contributed by atoms with van der Waals surface area (Å²) in [4.78, 5) is 27.3. The first kappa shape index (κ1) is 24.6. The van der Waals surface area contributed by atoms with Gasteiger partial charge in [0.05, 0.1) is 18.3 Å². The fraction of sp³-hybridized carbons (Fsp3) is 0.370. The second-order valence-corrected chi connectivity index (χ2v) is 9.43. The molecule has 2 N–H and O–H groups in total. The molecule has 7 nitrogen and oxygen atoms in total. The average molecular weight is 479 g/mol. The van der Waals surface area contributed by atoms with Crippen molar-refractivity contribution in [3.05, 3.63) is 71.4 Å². The number of aromatic nitrogens is 2. The van der Waals surface area contributed by atoms with Crippen molar-refractivity contribution in [3.8, 4) is 11.3 Å². The largest absolute Gasteiger partial charge is 0.391 e. The highest BCUT2D eigenvalue weighted by Crippen LogP contribution is 2.36. The Hall–Kier alpha value is -3.52. The molecule has 1 aromatic heterocycles. The molecule has 2 heterocycles. The number of carbonyl (C=O) groups is 2. The van der Waals surface area contributed by atoms with E-state index >= 15 is 0 Å². The van der Waals surface area contributed by atoms with Crippen LogP contribution in [0.4, 0.5) is 10.1 Å². The summed E-state index contributed by atoms with van der Waals surface area (Å²) < 4.78 is 15.3. The third-order valence-corrected chi connectivity index (χ3v) is 6.59. The fourth-order valence-corrected chi connectivity index (χ4v) is 4.53. The normalized spacial score (nSPS) is 21.0. The van der Waals surface area contributed by atoms with E-state index in [-0.39, 0.29) is 35.9 Å². The number of hydrogen-bond donors (Lipinski definition) is 2. The van der Waals surface area contributed by atoms with Crippen molar-refractivity contribution in [1.29, 1.82) is 0 Å². The number of carbonyl (C=O) groups excluding carboxylic acids is 2. The van der Waals surface area contributed by atoms with Crippen molar-refractivity contribution in [1.82, 2.24) is 14.7 Å². The molecule has 3 atom stereocenters. The number of aliphatic hydroxyl groups is 1. The van der Waals surface area contributed by atoms with Crippen LogP contribution in [0.1, 0.15) is 31.0 Å². The molecule has 1 aromatic carbocycles. The number of benzene rings is 1. The monoisotopic (exact) mass is 478 g/mol. The van der Waals surface area contributed by atoms with Crippen molar-refractivity contribution in [2.45, 2.75) is 46.3 Å². The van der Waals surface area contributed by atoms with Crippen LogP contribution in [0.2, 0.25) is 0 Å². The molecule has 35 heavy (non-hydrogen) atoms. The molecule has 0 saturated heterocycles. The highest BCUT2D eigenvalue weighted by molar-refractivity contribution is 6.06. The van der Waals surface area contributed by atoms with Crippen LogP contribution in [0.15, 0.2) is 60.1 Å². The number of nitrogens with zero attached hydrogens (tertiary/aromatic N) is 3. The number of hydrogen-bond acceptors (Lipinski definition) is 4. The first-order valence-electron chi connectivity index (χ1n) is 11.8. The Labute approximate surface area is 204 Å². The summed E-state index contributed by atoms with van der Waals surface area (Å²) in [5, 5.41) is 17.3. The van der Waals surface area contributed by atoms with E-state index in [4.69, 9.17) is 0 Å². The smallest absolute Gasteiger partial charge is 0.253 e. The quantitative estimate of drug-likeness (QED) is 0.649. The molecular formula is C27H31FN4O3. The third-order valence-electron chi connectivity index (χ3n) is 6.59. The van der Waals surface area contributed by atoms with E-state index < -0.39 is 6.10 Å². The third kappa shape index (κ3) is 5.43. The molecular weight excluding hydrogens is 447 g/mol. The summed E-state index contributed by atoms with van der Waals surface area (Å²) in [5.41, 5.74) is 4.57. The van der Waals surface area contributed by atoms with Gasteiger partial charge in [-0.05, 0) is 63.0 Å².